The quantitative estimate of drug-likeness (QED) is 0.0146. The molecule has 0 amide bonds. The van der Waals surface area contributed by atoms with Crippen LogP contribution in [0.2, 0.25) is 0 Å². The van der Waals surface area contributed by atoms with Gasteiger partial charge in [0.1, 0.15) is 25.4 Å². The summed E-state index contributed by atoms with van der Waals surface area (Å²) in [5, 5.41) is 20.6. The molecule has 5 atom stereocenters. The number of phosphoric acid groups is 2. The van der Waals surface area contributed by atoms with Crippen LogP contribution in [-0.2, 0) is 55.8 Å². The van der Waals surface area contributed by atoms with Gasteiger partial charge in [0.2, 0.25) is 0 Å². The molecule has 0 aromatic rings. The number of hydrogen-bond acceptors (Lipinski definition) is 14. The normalized spacial score (nSPS) is 15.1. The van der Waals surface area contributed by atoms with Crippen LogP contribution in [0, 0.1) is 0 Å². The minimum Gasteiger partial charge on any atom is -0.463 e. The van der Waals surface area contributed by atoms with E-state index in [1.807, 2.05) is 0 Å². The van der Waals surface area contributed by atoms with Gasteiger partial charge in [-0.05, 0) is 148 Å². The van der Waals surface area contributed by atoms with Crippen molar-refractivity contribution in [1.82, 2.24) is 0 Å². The minimum absolute atomic E-state index is 0.0790. The van der Waals surface area contributed by atoms with E-state index in [0.29, 0.717) is 19.3 Å². The number of carbonyl (C=O) groups excluding carboxylic acids is 3. The first-order chi connectivity index (χ1) is 46.2. The molecule has 18 heteroatoms. The number of hydrogen-bond donors (Lipinski definition) is 4. The lowest BCUT2D eigenvalue weighted by Crippen LogP contribution is -2.30. The largest absolute Gasteiger partial charge is 0.472 e. The lowest BCUT2D eigenvalue weighted by molar-refractivity contribution is -0.161. The first kappa shape index (κ1) is 90.2. The van der Waals surface area contributed by atoms with E-state index in [-0.39, 0.29) is 19.3 Å². The molecule has 0 saturated carbocycles. The molecule has 0 saturated heterocycles. The van der Waals surface area contributed by atoms with Gasteiger partial charge < -0.3 is 34.2 Å². The summed E-state index contributed by atoms with van der Waals surface area (Å²) in [6, 6.07) is 0. The summed E-state index contributed by atoms with van der Waals surface area (Å²) in [6.45, 7) is 2.32. The number of rotatable bonds is 66. The lowest BCUT2D eigenvalue weighted by atomic mass is 10.1. The van der Waals surface area contributed by atoms with Crippen molar-refractivity contribution in [1.29, 1.82) is 0 Å². The summed E-state index contributed by atoms with van der Waals surface area (Å²) >= 11 is 0. The van der Waals surface area contributed by atoms with E-state index in [4.69, 9.17) is 32.3 Å². The molecule has 16 nitrogen and oxygen atoms in total. The number of phosphoric ester groups is 2. The maximum atomic E-state index is 12.9. The predicted octanol–water partition coefficient (Wildman–Crippen LogP) is 20.3. The van der Waals surface area contributed by atoms with Gasteiger partial charge in [0.25, 0.3) is 0 Å². The molecule has 0 aromatic carbocycles. The highest BCUT2D eigenvalue weighted by atomic mass is 31.2. The van der Waals surface area contributed by atoms with Crippen LogP contribution >= 0.6 is 15.6 Å². The van der Waals surface area contributed by atoms with Gasteiger partial charge in [0.15, 0.2) is 6.10 Å². The van der Waals surface area contributed by atoms with Gasteiger partial charge >= 0.3 is 33.6 Å². The van der Waals surface area contributed by atoms with Gasteiger partial charge in [-0.2, -0.15) is 0 Å². The van der Waals surface area contributed by atoms with E-state index in [0.717, 1.165) is 154 Å². The van der Waals surface area contributed by atoms with E-state index < -0.39 is 91.5 Å². The molecule has 95 heavy (non-hydrogen) atoms. The van der Waals surface area contributed by atoms with Crippen LogP contribution in [0.25, 0.3) is 0 Å². The number of allylic oxidation sites excluding steroid dienone is 26. The fourth-order valence-corrected chi connectivity index (χ4v) is 10.4. The Kier molecular flexibility index (Phi) is 65.6. The Hall–Kier alpha value is -4.83. The summed E-state index contributed by atoms with van der Waals surface area (Å²) in [4.78, 5) is 58.5. The maximum absolute atomic E-state index is 12.9. The molecule has 540 valence electrons. The topological polar surface area (TPSA) is 231 Å². The van der Waals surface area contributed by atoms with E-state index in [2.05, 4.69) is 179 Å². The van der Waals surface area contributed by atoms with Crippen LogP contribution in [0.4, 0.5) is 0 Å². The SMILES string of the molecule is CC/C=C\C/C=C\C/C=C\C/C=C\C/C=C\C/C=C\CCCCCCC(=O)OCC(O)COP(=O)(O)OCC(O)COP(=O)(O)OCC(COC(=O)CCCC/C=C\C/C=C\C/C=C\C/C=C\C/C=C\C/C=C\CC)OC(=O)CCCCCCC/C=C\CCCCCCCC. The Labute approximate surface area is 574 Å². The molecule has 0 rings (SSSR count). The number of aliphatic hydroxyl groups excluding tert-OH is 2. The first-order valence-electron chi connectivity index (χ1n) is 35.8. The third-order valence-electron chi connectivity index (χ3n) is 14.2. The van der Waals surface area contributed by atoms with Crippen LogP contribution in [0.5, 0.6) is 0 Å². The standard InChI is InChI=1S/C77H126O16P2/c1-4-7-10-13-16-19-22-25-28-30-32-34-35-37-39-40-43-45-48-51-54-57-60-63-75(80)87-66-72(78)67-89-94(83,84)90-68-73(79)69-91-95(85,86)92-71-74(93-77(82)65-62-59-56-53-50-47-42-27-24-21-18-15-12-9-6-3)70-88-76(81)64-61-58-55-52-49-46-44-41-38-36-33-31-29-26-23-20-17-14-11-8-5-2/h7-8,10-11,16-17,19-20,25-29,32-34,36-37,39,41-45,49,52,72-74,78-79H,4-6,9,12-15,18,21-24,30-31,35,38,40,46-48,50-51,53-71H2,1-3H3,(H,83,84)(H,85,86)/b10-7-,11-8-,19-16-,20-17-,28-25-,29-26-,34-32-,36-33-,39-37-,42-27-,44-41-,45-43-,52-49-. The van der Waals surface area contributed by atoms with Crippen molar-refractivity contribution in [3.05, 3.63) is 158 Å². The van der Waals surface area contributed by atoms with Crippen LogP contribution in [0.3, 0.4) is 0 Å². The molecule has 0 radical (unpaired) electrons. The van der Waals surface area contributed by atoms with Gasteiger partial charge in [-0.15, -0.1) is 0 Å². The summed E-state index contributed by atoms with van der Waals surface area (Å²) in [5.74, 6) is -1.67. The second-order valence-corrected chi connectivity index (χ2v) is 26.2. The Bertz CT molecular complexity index is 2360. The Morgan fingerprint density at radius 1 is 0.305 bits per heavy atom. The van der Waals surface area contributed by atoms with Gasteiger partial charge in [-0.25, -0.2) is 9.13 Å². The highest BCUT2D eigenvalue weighted by molar-refractivity contribution is 7.47. The Balaban J connectivity index is 4.74. The van der Waals surface area contributed by atoms with Crippen molar-refractivity contribution in [2.24, 2.45) is 0 Å². The molecular weight excluding hydrogens is 1240 g/mol. The van der Waals surface area contributed by atoms with Crippen molar-refractivity contribution in [2.45, 2.75) is 270 Å². The monoisotopic (exact) mass is 1370 g/mol. The predicted molar refractivity (Wildman–Crippen MR) is 389 cm³/mol. The first-order valence-corrected chi connectivity index (χ1v) is 38.8. The van der Waals surface area contributed by atoms with E-state index in [1.54, 1.807) is 0 Å². The van der Waals surface area contributed by atoms with E-state index in [1.165, 1.54) is 38.5 Å². The third kappa shape index (κ3) is 70.3. The molecule has 0 fully saturated rings. The number of aliphatic hydroxyl groups is 2. The summed E-state index contributed by atoms with van der Waals surface area (Å²) in [6.07, 6.45) is 84.3. The van der Waals surface area contributed by atoms with Gasteiger partial charge in [0.05, 0.1) is 26.4 Å². The third-order valence-corrected chi connectivity index (χ3v) is 16.1. The molecule has 0 aromatic heterocycles. The fourth-order valence-electron chi connectivity index (χ4n) is 8.81. The summed E-state index contributed by atoms with van der Waals surface area (Å²) in [7, 11) is -9.82. The number of unbranched alkanes of at least 4 members (excludes halogenated alkanes) is 17. The van der Waals surface area contributed by atoms with Gasteiger partial charge in [0, 0.05) is 19.3 Å². The van der Waals surface area contributed by atoms with Crippen LogP contribution in [0.1, 0.15) is 252 Å². The van der Waals surface area contributed by atoms with E-state index in [9.17, 15) is 43.5 Å². The molecule has 0 heterocycles. The molecule has 5 unspecified atom stereocenters. The second kappa shape index (κ2) is 69.1. The summed E-state index contributed by atoms with van der Waals surface area (Å²) in [5.41, 5.74) is 0. The average molecular weight is 1370 g/mol. The van der Waals surface area contributed by atoms with Crippen LogP contribution < -0.4 is 0 Å². The second-order valence-electron chi connectivity index (χ2n) is 23.3. The van der Waals surface area contributed by atoms with Crippen LogP contribution in [-0.4, -0.2) is 95.9 Å². The summed E-state index contributed by atoms with van der Waals surface area (Å²) < 4.78 is 60.9. The zero-order chi connectivity index (χ0) is 69.5. The average Bonchev–Trinajstić information content (AvgIpc) is 1.93. The molecule has 0 bridgehead atoms. The Morgan fingerprint density at radius 2 is 0.558 bits per heavy atom. The smallest absolute Gasteiger partial charge is 0.463 e. The van der Waals surface area contributed by atoms with Crippen LogP contribution in [0.15, 0.2) is 158 Å². The highest BCUT2D eigenvalue weighted by Gasteiger charge is 2.29. The number of ether oxygens (including phenoxy) is 3. The van der Waals surface area contributed by atoms with Crippen molar-refractivity contribution in [3.8, 4) is 0 Å². The minimum atomic E-state index is -4.95. The van der Waals surface area contributed by atoms with Crippen molar-refractivity contribution >= 4 is 33.6 Å². The van der Waals surface area contributed by atoms with Crippen molar-refractivity contribution < 1.29 is 75.8 Å². The lowest BCUT2D eigenvalue weighted by Gasteiger charge is -2.21. The molecule has 0 aliphatic carbocycles. The van der Waals surface area contributed by atoms with Gasteiger partial charge in [-0.3, -0.25) is 32.5 Å². The zero-order valence-electron chi connectivity index (χ0n) is 58.5. The molecule has 0 spiro atoms. The van der Waals surface area contributed by atoms with Crippen molar-refractivity contribution in [3.63, 3.8) is 0 Å². The highest BCUT2D eigenvalue weighted by Crippen LogP contribution is 2.45. The maximum Gasteiger partial charge on any atom is 0.472 e. The Morgan fingerprint density at radius 3 is 0.916 bits per heavy atom. The number of esters is 3. The molecule has 4 N–H and O–H groups in total. The fraction of sp³-hybridized carbons (Fsp3) is 0.623. The molecule has 0 aliphatic rings. The van der Waals surface area contributed by atoms with Crippen molar-refractivity contribution in [2.75, 3.05) is 39.6 Å². The van der Waals surface area contributed by atoms with E-state index >= 15 is 0 Å². The zero-order valence-corrected chi connectivity index (χ0v) is 60.3. The molecule has 0 aliphatic heterocycles. The molecular formula is C77H126O16P2. The number of carbonyl (C=O) groups is 3. The van der Waals surface area contributed by atoms with Gasteiger partial charge in [-0.1, -0.05) is 243 Å².